The molecule has 5 rings (SSSR count). The molecule has 160 valence electrons. The molecule has 4 aromatic rings. The standard InChI is InChI=1S/C27H19N3O3/c31-25-11-5-4-10-22(25)24-17-23(20-9-6-16-28-18-20)29-30(24)27(32)26-15-14-21(33-26)13-12-19-7-2-1-3-8-19/h1-11,14-16,18,24,31H,17H2. The Bertz CT molecular complexity index is 1380. The van der Waals surface area contributed by atoms with Crippen LogP contribution in [0.1, 0.15) is 45.5 Å². The van der Waals surface area contributed by atoms with Crippen LogP contribution < -0.4 is 0 Å². The molecule has 0 fully saturated rings. The summed E-state index contributed by atoms with van der Waals surface area (Å²) in [4.78, 5) is 17.5. The molecule has 0 saturated carbocycles. The van der Waals surface area contributed by atoms with Crippen molar-refractivity contribution in [3.63, 3.8) is 0 Å². The molecule has 6 heteroatoms. The quantitative estimate of drug-likeness (QED) is 0.472. The number of nitrogens with zero attached hydrogens (tertiary/aromatic N) is 3. The van der Waals surface area contributed by atoms with Crippen molar-refractivity contribution in [2.24, 2.45) is 5.10 Å². The SMILES string of the molecule is O=C(c1ccc(C#Cc2ccccc2)o1)N1N=C(c2cccnc2)CC1c1ccccc1O. The minimum atomic E-state index is -0.474. The average molecular weight is 433 g/mol. The monoisotopic (exact) mass is 433 g/mol. The van der Waals surface area contributed by atoms with E-state index >= 15 is 0 Å². The van der Waals surface area contributed by atoms with Gasteiger partial charge < -0.3 is 9.52 Å². The van der Waals surface area contributed by atoms with Gasteiger partial charge in [0, 0.05) is 35.5 Å². The van der Waals surface area contributed by atoms with Gasteiger partial charge >= 0.3 is 5.91 Å². The van der Waals surface area contributed by atoms with Gasteiger partial charge in [0.1, 0.15) is 5.75 Å². The molecule has 0 saturated heterocycles. The third-order valence-electron chi connectivity index (χ3n) is 5.33. The number of benzene rings is 2. The summed E-state index contributed by atoms with van der Waals surface area (Å²) in [5.74, 6) is 6.17. The van der Waals surface area contributed by atoms with Crippen LogP contribution in [-0.2, 0) is 0 Å². The number of carbonyl (C=O) groups is 1. The highest BCUT2D eigenvalue weighted by Crippen LogP contribution is 2.37. The third kappa shape index (κ3) is 4.25. The number of rotatable bonds is 3. The van der Waals surface area contributed by atoms with E-state index in [0.29, 0.717) is 23.5 Å². The fraction of sp³-hybridized carbons (Fsp3) is 0.0741. The van der Waals surface area contributed by atoms with Crippen molar-refractivity contribution in [2.45, 2.75) is 12.5 Å². The molecule has 0 radical (unpaired) electrons. The zero-order valence-corrected chi connectivity index (χ0v) is 17.6. The largest absolute Gasteiger partial charge is 0.508 e. The normalized spacial score (nSPS) is 15.0. The molecule has 2 aromatic carbocycles. The molecule has 3 heterocycles. The van der Waals surface area contributed by atoms with Crippen LogP contribution in [0.15, 0.2) is 101 Å². The maximum Gasteiger partial charge on any atom is 0.310 e. The predicted molar refractivity (Wildman–Crippen MR) is 124 cm³/mol. The van der Waals surface area contributed by atoms with Crippen molar-refractivity contribution in [1.29, 1.82) is 0 Å². The van der Waals surface area contributed by atoms with Gasteiger partial charge in [-0.15, -0.1) is 0 Å². The van der Waals surface area contributed by atoms with Gasteiger partial charge in [0.25, 0.3) is 0 Å². The Balaban J connectivity index is 1.46. The van der Waals surface area contributed by atoms with E-state index in [0.717, 1.165) is 11.1 Å². The number of aromatic nitrogens is 1. The van der Waals surface area contributed by atoms with Gasteiger partial charge in [-0.3, -0.25) is 9.78 Å². The Hall–Kier alpha value is -4.63. The number of amides is 1. The van der Waals surface area contributed by atoms with Gasteiger partial charge in [-0.2, -0.15) is 5.10 Å². The number of aromatic hydroxyl groups is 1. The fourth-order valence-corrected chi connectivity index (χ4v) is 3.71. The molecule has 0 aliphatic carbocycles. The van der Waals surface area contributed by atoms with Crippen LogP contribution in [0.3, 0.4) is 0 Å². The summed E-state index contributed by atoms with van der Waals surface area (Å²) in [6.45, 7) is 0. The van der Waals surface area contributed by atoms with Crippen LogP contribution >= 0.6 is 0 Å². The van der Waals surface area contributed by atoms with Crippen LogP contribution in [0.25, 0.3) is 0 Å². The van der Waals surface area contributed by atoms with Crippen LogP contribution in [0, 0.1) is 11.8 Å². The lowest BCUT2D eigenvalue weighted by Crippen LogP contribution is -2.26. The number of phenolic OH excluding ortho intramolecular Hbond substituents is 1. The van der Waals surface area contributed by atoms with Crippen LogP contribution in [0.2, 0.25) is 0 Å². The minimum Gasteiger partial charge on any atom is -0.508 e. The number of hydrogen-bond acceptors (Lipinski definition) is 5. The van der Waals surface area contributed by atoms with Gasteiger partial charge in [0.2, 0.25) is 0 Å². The molecule has 1 aliphatic rings. The lowest BCUT2D eigenvalue weighted by Gasteiger charge is -2.21. The smallest absolute Gasteiger partial charge is 0.310 e. The Morgan fingerprint density at radius 3 is 2.58 bits per heavy atom. The third-order valence-corrected chi connectivity index (χ3v) is 5.33. The highest BCUT2D eigenvalue weighted by Gasteiger charge is 2.36. The Morgan fingerprint density at radius 2 is 1.79 bits per heavy atom. The van der Waals surface area contributed by atoms with Crippen LogP contribution in [0.5, 0.6) is 5.75 Å². The number of furan rings is 1. The number of pyridine rings is 1. The molecular weight excluding hydrogens is 414 g/mol. The Morgan fingerprint density at radius 1 is 0.970 bits per heavy atom. The van der Waals surface area contributed by atoms with Gasteiger partial charge in [-0.05, 0) is 42.3 Å². The number of carbonyl (C=O) groups excluding carboxylic acids is 1. The van der Waals surface area contributed by atoms with Crippen LogP contribution in [0.4, 0.5) is 0 Å². The number of hydrazone groups is 1. The Kier molecular flexibility index (Phi) is 5.44. The van der Waals surface area contributed by atoms with E-state index < -0.39 is 11.9 Å². The zero-order chi connectivity index (χ0) is 22.6. The van der Waals surface area contributed by atoms with E-state index in [1.165, 1.54) is 5.01 Å². The maximum atomic E-state index is 13.4. The van der Waals surface area contributed by atoms with Gasteiger partial charge in [-0.1, -0.05) is 48.4 Å². The molecular formula is C27H19N3O3. The van der Waals surface area contributed by atoms with Crippen molar-refractivity contribution in [3.05, 3.63) is 119 Å². The molecule has 1 aliphatic heterocycles. The van der Waals surface area contributed by atoms with Gasteiger partial charge in [-0.25, -0.2) is 5.01 Å². The molecule has 1 unspecified atom stereocenters. The number of para-hydroxylation sites is 1. The van der Waals surface area contributed by atoms with E-state index in [9.17, 15) is 9.90 Å². The van der Waals surface area contributed by atoms with Crippen LogP contribution in [-0.4, -0.2) is 26.7 Å². The molecule has 0 spiro atoms. The summed E-state index contributed by atoms with van der Waals surface area (Å²) < 4.78 is 5.73. The molecule has 1 N–H and O–H groups in total. The van der Waals surface area contributed by atoms with Crippen molar-refractivity contribution in [2.75, 3.05) is 0 Å². The molecule has 2 aromatic heterocycles. The molecule has 1 amide bonds. The summed E-state index contributed by atoms with van der Waals surface area (Å²) in [6.07, 6.45) is 3.83. The lowest BCUT2D eigenvalue weighted by atomic mass is 9.98. The van der Waals surface area contributed by atoms with E-state index in [4.69, 9.17) is 4.42 Å². The molecule has 1 atom stereocenters. The first-order valence-corrected chi connectivity index (χ1v) is 10.5. The van der Waals surface area contributed by atoms with Gasteiger partial charge in [0.15, 0.2) is 11.5 Å². The highest BCUT2D eigenvalue weighted by atomic mass is 16.4. The molecule has 0 bridgehead atoms. The number of phenols is 1. The second-order valence-electron chi connectivity index (χ2n) is 7.50. The van der Waals surface area contributed by atoms with E-state index in [2.05, 4.69) is 21.9 Å². The van der Waals surface area contributed by atoms with E-state index in [-0.39, 0.29) is 11.5 Å². The fourth-order valence-electron chi connectivity index (χ4n) is 3.71. The van der Waals surface area contributed by atoms with E-state index in [1.807, 2.05) is 48.5 Å². The molecule has 33 heavy (non-hydrogen) atoms. The maximum absolute atomic E-state index is 13.4. The van der Waals surface area contributed by atoms with Crippen molar-refractivity contribution < 1.29 is 14.3 Å². The number of hydrogen-bond donors (Lipinski definition) is 1. The first kappa shape index (κ1) is 20.3. The molecule has 6 nitrogen and oxygen atoms in total. The highest BCUT2D eigenvalue weighted by molar-refractivity contribution is 6.04. The van der Waals surface area contributed by atoms with Gasteiger partial charge in [0.05, 0.1) is 11.8 Å². The summed E-state index contributed by atoms with van der Waals surface area (Å²) in [5, 5.41) is 16.4. The summed E-state index contributed by atoms with van der Waals surface area (Å²) >= 11 is 0. The van der Waals surface area contributed by atoms with Crippen molar-refractivity contribution >= 4 is 11.6 Å². The second-order valence-corrected chi connectivity index (χ2v) is 7.50. The summed E-state index contributed by atoms with van der Waals surface area (Å²) in [5.41, 5.74) is 3.00. The van der Waals surface area contributed by atoms with Crippen molar-refractivity contribution in [1.82, 2.24) is 9.99 Å². The second kappa shape index (κ2) is 8.85. The first-order valence-electron chi connectivity index (χ1n) is 10.5. The predicted octanol–water partition coefficient (Wildman–Crippen LogP) is 4.77. The summed E-state index contributed by atoms with van der Waals surface area (Å²) in [6, 6.07) is 23.0. The first-order chi connectivity index (χ1) is 16.2. The zero-order valence-electron chi connectivity index (χ0n) is 17.6. The van der Waals surface area contributed by atoms with E-state index in [1.54, 1.807) is 42.7 Å². The van der Waals surface area contributed by atoms with Crippen molar-refractivity contribution in [3.8, 4) is 17.6 Å². The lowest BCUT2D eigenvalue weighted by molar-refractivity contribution is 0.0676. The Labute approximate surface area is 190 Å². The average Bonchev–Trinajstić information content (AvgIpc) is 3.52. The topological polar surface area (TPSA) is 78.9 Å². The minimum absolute atomic E-state index is 0.108. The summed E-state index contributed by atoms with van der Waals surface area (Å²) in [7, 11) is 0.